The number of amides is 1. The quantitative estimate of drug-likeness (QED) is 0.835. The molecule has 7 heteroatoms. The molecule has 4 nitrogen and oxygen atoms in total. The largest absolute Gasteiger partial charge is 0.321 e. The van der Waals surface area contributed by atoms with Gasteiger partial charge in [-0.3, -0.25) is 4.79 Å². The van der Waals surface area contributed by atoms with Crippen LogP contribution in [0.15, 0.2) is 34.9 Å². The van der Waals surface area contributed by atoms with E-state index < -0.39 is 11.7 Å². The molecule has 100 valence electrons. The van der Waals surface area contributed by atoms with E-state index in [1.807, 2.05) is 0 Å². The molecule has 1 heterocycles. The van der Waals surface area contributed by atoms with Crippen LogP contribution in [-0.2, 0) is 0 Å². The lowest BCUT2D eigenvalue weighted by atomic mass is 10.1. The summed E-state index contributed by atoms with van der Waals surface area (Å²) in [6.07, 6.45) is 1.46. The van der Waals surface area contributed by atoms with Crippen LogP contribution in [0.25, 0.3) is 0 Å². The summed E-state index contributed by atoms with van der Waals surface area (Å²) in [6.45, 7) is 0. The first-order valence-corrected chi connectivity index (χ1v) is 6.50. The first kappa shape index (κ1) is 14.4. The minimum Gasteiger partial charge on any atom is -0.321 e. The Morgan fingerprint density at radius 2 is 2.20 bits per heavy atom. The summed E-state index contributed by atoms with van der Waals surface area (Å²) >= 11 is 9.02. The standard InChI is InChI=1S/C13H6BrClFN3O/c14-8-4-10(12(15)18-6-8)13(20)19-11-2-1-9(16)3-7(11)5-17/h1-4,6H,(H,19,20). The van der Waals surface area contributed by atoms with E-state index in [1.165, 1.54) is 18.3 Å². The van der Waals surface area contributed by atoms with Gasteiger partial charge in [0.25, 0.3) is 5.91 Å². The third-order valence-electron chi connectivity index (χ3n) is 2.40. The molecule has 0 spiro atoms. The number of halogens is 3. The molecule has 0 unspecified atom stereocenters. The molecule has 0 saturated carbocycles. The fraction of sp³-hybridized carbons (Fsp3) is 0. The van der Waals surface area contributed by atoms with Crippen molar-refractivity contribution in [2.75, 3.05) is 5.32 Å². The van der Waals surface area contributed by atoms with E-state index in [0.717, 1.165) is 12.1 Å². The Bertz CT molecular complexity index is 730. The summed E-state index contributed by atoms with van der Waals surface area (Å²) in [7, 11) is 0. The summed E-state index contributed by atoms with van der Waals surface area (Å²) in [5.41, 5.74) is 0.377. The van der Waals surface area contributed by atoms with Crippen LogP contribution in [0.3, 0.4) is 0 Å². The van der Waals surface area contributed by atoms with Gasteiger partial charge in [0.1, 0.15) is 17.0 Å². The number of nitrogens with zero attached hydrogens (tertiary/aromatic N) is 2. The van der Waals surface area contributed by atoms with Crippen LogP contribution in [0, 0.1) is 17.1 Å². The number of anilines is 1. The SMILES string of the molecule is N#Cc1cc(F)ccc1NC(=O)c1cc(Br)cnc1Cl. The molecule has 20 heavy (non-hydrogen) atoms. The molecule has 2 rings (SSSR count). The number of rotatable bonds is 2. The average molecular weight is 355 g/mol. The van der Waals surface area contributed by atoms with Gasteiger partial charge in [0.2, 0.25) is 0 Å². The molecule has 1 amide bonds. The predicted octanol–water partition coefficient (Wildman–Crippen LogP) is 3.76. The van der Waals surface area contributed by atoms with E-state index in [4.69, 9.17) is 16.9 Å². The molecule has 0 atom stereocenters. The zero-order chi connectivity index (χ0) is 14.7. The Labute approximate surface area is 127 Å². The van der Waals surface area contributed by atoms with E-state index in [2.05, 4.69) is 26.2 Å². The highest BCUT2D eigenvalue weighted by Crippen LogP contribution is 2.21. The van der Waals surface area contributed by atoms with Gasteiger partial charge in [-0.05, 0) is 40.2 Å². The van der Waals surface area contributed by atoms with Crippen molar-refractivity contribution in [1.29, 1.82) is 5.26 Å². The molecule has 1 N–H and O–H groups in total. The lowest BCUT2D eigenvalue weighted by Gasteiger charge is -2.08. The van der Waals surface area contributed by atoms with Crippen molar-refractivity contribution in [1.82, 2.24) is 4.98 Å². The summed E-state index contributed by atoms with van der Waals surface area (Å²) in [5, 5.41) is 11.4. The van der Waals surface area contributed by atoms with Crippen LogP contribution in [0.1, 0.15) is 15.9 Å². The molecule has 0 aliphatic carbocycles. The topological polar surface area (TPSA) is 65.8 Å². The second-order valence-electron chi connectivity index (χ2n) is 3.75. The fourth-order valence-corrected chi connectivity index (χ4v) is 2.01. The lowest BCUT2D eigenvalue weighted by molar-refractivity contribution is 0.102. The van der Waals surface area contributed by atoms with Crippen LogP contribution in [-0.4, -0.2) is 10.9 Å². The predicted molar refractivity (Wildman–Crippen MR) is 76.0 cm³/mol. The zero-order valence-electron chi connectivity index (χ0n) is 9.82. The number of carbonyl (C=O) groups is 1. The maximum atomic E-state index is 13.0. The van der Waals surface area contributed by atoms with Crippen molar-refractivity contribution in [3.8, 4) is 6.07 Å². The first-order valence-electron chi connectivity index (χ1n) is 5.33. The third kappa shape index (κ3) is 3.13. The Balaban J connectivity index is 2.33. The van der Waals surface area contributed by atoms with Gasteiger partial charge in [-0.15, -0.1) is 0 Å². The van der Waals surface area contributed by atoms with Crippen molar-refractivity contribution in [2.24, 2.45) is 0 Å². The van der Waals surface area contributed by atoms with Crippen LogP contribution in [0.5, 0.6) is 0 Å². The molecule has 0 fully saturated rings. The highest BCUT2D eigenvalue weighted by atomic mass is 79.9. The van der Waals surface area contributed by atoms with Gasteiger partial charge in [-0.2, -0.15) is 5.26 Å². The van der Waals surface area contributed by atoms with Crippen molar-refractivity contribution < 1.29 is 9.18 Å². The molecule has 0 aliphatic rings. The van der Waals surface area contributed by atoms with Gasteiger partial charge >= 0.3 is 0 Å². The summed E-state index contributed by atoms with van der Waals surface area (Å²) < 4.78 is 13.6. The van der Waals surface area contributed by atoms with E-state index in [9.17, 15) is 9.18 Å². The van der Waals surface area contributed by atoms with Gasteiger partial charge in [-0.1, -0.05) is 11.6 Å². The Kier molecular flexibility index (Phi) is 4.32. The summed E-state index contributed by atoms with van der Waals surface area (Å²) in [5.74, 6) is -1.09. The van der Waals surface area contributed by atoms with Crippen molar-refractivity contribution in [3.63, 3.8) is 0 Å². The van der Waals surface area contributed by atoms with E-state index in [1.54, 1.807) is 6.07 Å². The molecule has 0 aliphatic heterocycles. The van der Waals surface area contributed by atoms with E-state index >= 15 is 0 Å². The minimum atomic E-state index is -0.554. The molecule has 1 aromatic carbocycles. The molecule has 1 aromatic heterocycles. The fourth-order valence-electron chi connectivity index (χ4n) is 1.49. The zero-order valence-corrected chi connectivity index (χ0v) is 12.2. The Morgan fingerprint density at radius 1 is 1.45 bits per heavy atom. The summed E-state index contributed by atoms with van der Waals surface area (Å²) in [4.78, 5) is 15.9. The molecule has 0 saturated heterocycles. The smallest absolute Gasteiger partial charge is 0.258 e. The maximum Gasteiger partial charge on any atom is 0.258 e. The average Bonchev–Trinajstić information content (AvgIpc) is 2.43. The number of hydrogen-bond donors (Lipinski definition) is 1. The van der Waals surface area contributed by atoms with Gasteiger partial charge < -0.3 is 5.32 Å². The minimum absolute atomic E-state index is 0.0254. The van der Waals surface area contributed by atoms with Crippen LogP contribution in [0.2, 0.25) is 5.15 Å². The maximum absolute atomic E-state index is 13.0. The third-order valence-corrected chi connectivity index (χ3v) is 3.14. The Hall–Kier alpha value is -1.97. The number of nitrogens with one attached hydrogen (secondary N) is 1. The number of carbonyl (C=O) groups excluding carboxylic acids is 1. The van der Waals surface area contributed by atoms with Gasteiger partial charge in [0, 0.05) is 10.7 Å². The number of benzene rings is 1. The first-order chi connectivity index (χ1) is 9.51. The van der Waals surface area contributed by atoms with Gasteiger partial charge in [-0.25, -0.2) is 9.37 Å². The van der Waals surface area contributed by atoms with Crippen LogP contribution < -0.4 is 5.32 Å². The van der Waals surface area contributed by atoms with Gasteiger partial charge in [0.05, 0.1) is 16.8 Å². The number of hydrogen-bond acceptors (Lipinski definition) is 3. The van der Waals surface area contributed by atoms with Crippen molar-refractivity contribution in [3.05, 3.63) is 57.0 Å². The molecule has 2 aromatic rings. The van der Waals surface area contributed by atoms with Crippen LogP contribution >= 0.6 is 27.5 Å². The van der Waals surface area contributed by atoms with E-state index in [-0.39, 0.29) is 22.0 Å². The highest BCUT2D eigenvalue weighted by Gasteiger charge is 2.14. The molecular formula is C13H6BrClFN3O. The molecule has 0 bridgehead atoms. The Morgan fingerprint density at radius 3 is 2.90 bits per heavy atom. The normalized spacial score (nSPS) is 9.90. The number of nitriles is 1. The molecular weight excluding hydrogens is 349 g/mol. The van der Waals surface area contributed by atoms with Crippen molar-refractivity contribution >= 4 is 39.1 Å². The monoisotopic (exact) mass is 353 g/mol. The molecule has 0 radical (unpaired) electrons. The van der Waals surface area contributed by atoms with Crippen LogP contribution in [0.4, 0.5) is 10.1 Å². The highest BCUT2D eigenvalue weighted by molar-refractivity contribution is 9.10. The number of pyridine rings is 1. The van der Waals surface area contributed by atoms with Crippen molar-refractivity contribution in [2.45, 2.75) is 0 Å². The van der Waals surface area contributed by atoms with Gasteiger partial charge in [0.15, 0.2) is 0 Å². The second-order valence-corrected chi connectivity index (χ2v) is 5.02. The number of aromatic nitrogens is 1. The second kappa shape index (κ2) is 5.99. The lowest BCUT2D eigenvalue weighted by Crippen LogP contribution is -2.14. The van der Waals surface area contributed by atoms with E-state index in [0.29, 0.717) is 4.47 Å². The summed E-state index contributed by atoms with van der Waals surface area (Å²) in [6, 6.07) is 6.81.